The summed E-state index contributed by atoms with van der Waals surface area (Å²) in [5.41, 5.74) is 1.61. The van der Waals surface area contributed by atoms with Gasteiger partial charge in [0.1, 0.15) is 0 Å². The second-order valence-corrected chi connectivity index (χ2v) is 5.61. The van der Waals surface area contributed by atoms with Crippen LogP contribution in [-0.4, -0.2) is 24.0 Å². The molecule has 1 aromatic carbocycles. The number of aromatic nitrogens is 1. The lowest BCUT2D eigenvalue weighted by Crippen LogP contribution is -2.23. The van der Waals surface area contributed by atoms with E-state index in [-0.39, 0.29) is 5.91 Å². The lowest BCUT2D eigenvalue weighted by atomic mass is 10.1. The Morgan fingerprint density at radius 1 is 1.19 bits per heavy atom. The van der Waals surface area contributed by atoms with E-state index in [1.165, 1.54) is 0 Å². The molecule has 0 fully saturated rings. The molecule has 2 aromatic rings. The fourth-order valence-corrected chi connectivity index (χ4v) is 2.14. The molecule has 1 aromatic heterocycles. The Hall–Kier alpha value is -1.94. The number of pyridine rings is 1. The Bertz CT molecular complexity index is 590. The first-order valence-electron chi connectivity index (χ1n) is 7.51. The molecule has 2 rings (SSSR count). The molecule has 0 aliphatic carbocycles. The van der Waals surface area contributed by atoms with E-state index in [2.05, 4.69) is 29.5 Å². The summed E-state index contributed by atoms with van der Waals surface area (Å²) in [6, 6.07) is 9.70. The van der Waals surface area contributed by atoms with Gasteiger partial charge in [-0.3, -0.25) is 9.78 Å². The van der Waals surface area contributed by atoms with Crippen LogP contribution in [0.3, 0.4) is 0 Å². The molecule has 1 heterocycles. The van der Waals surface area contributed by atoms with E-state index in [9.17, 15) is 4.79 Å². The lowest BCUT2D eigenvalue weighted by Gasteiger charge is -2.09. The largest absolute Gasteiger partial charge is 0.324 e. The van der Waals surface area contributed by atoms with E-state index in [4.69, 9.17) is 0 Å². The first-order chi connectivity index (χ1) is 10.2. The van der Waals surface area contributed by atoms with Gasteiger partial charge >= 0.3 is 0 Å². The van der Waals surface area contributed by atoms with Crippen LogP contribution in [0.2, 0.25) is 0 Å². The van der Waals surface area contributed by atoms with Gasteiger partial charge in [-0.2, -0.15) is 0 Å². The molecule has 0 bridgehead atoms. The van der Waals surface area contributed by atoms with E-state index < -0.39 is 0 Å². The fraction of sp³-hybridized carbons (Fsp3) is 0.412. The molecule has 0 aliphatic rings. The third kappa shape index (κ3) is 4.83. The predicted molar refractivity (Wildman–Crippen MR) is 87.3 cm³/mol. The SMILES string of the molecule is CC(C)CCNCCC(=O)Nc1cccc2cccnc12. The van der Waals surface area contributed by atoms with Crippen molar-refractivity contribution >= 4 is 22.5 Å². The Kier molecular flexibility index (Phi) is 5.69. The number of para-hydroxylation sites is 1. The fourth-order valence-electron chi connectivity index (χ4n) is 2.14. The minimum Gasteiger partial charge on any atom is -0.324 e. The molecule has 0 atom stereocenters. The highest BCUT2D eigenvalue weighted by molar-refractivity contribution is 6.00. The highest BCUT2D eigenvalue weighted by Crippen LogP contribution is 2.20. The molecule has 0 aliphatic heterocycles. The van der Waals surface area contributed by atoms with E-state index in [0.29, 0.717) is 18.9 Å². The van der Waals surface area contributed by atoms with Crippen molar-refractivity contribution in [3.8, 4) is 0 Å². The number of anilines is 1. The number of rotatable bonds is 7. The van der Waals surface area contributed by atoms with Crippen molar-refractivity contribution in [2.45, 2.75) is 26.7 Å². The zero-order valence-corrected chi connectivity index (χ0v) is 12.7. The summed E-state index contributed by atoms with van der Waals surface area (Å²) in [5.74, 6) is 0.707. The number of carbonyl (C=O) groups excluding carboxylic acids is 1. The second-order valence-electron chi connectivity index (χ2n) is 5.61. The zero-order chi connectivity index (χ0) is 15.1. The zero-order valence-electron chi connectivity index (χ0n) is 12.7. The van der Waals surface area contributed by atoms with Crippen LogP contribution in [0.4, 0.5) is 5.69 Å². The van der Waals surface area contributed by atoms with Crippen molar-refractivity contribution < 1.29 is 4.79 Å². The molecule has 1 amide bonds. The summed E-state index contributed by atoms with van der Waals surface area (Å²) in [6.45, 7) is 6.06. The van der Waals surface area contributed by atoms with Gasteiger partial charge < -0.3 is 10.6 Å². The predicted octanol–water partition coefficient (Wildman–Crippen LogP) is 3.20. The highest BCUT2D eigenvalue weighted by atomic mass is 16.1. The lowest BCUT2D eigenvalue weighted by molar-refractivity contribution is -0.116. The number of nitrogens with zero attached hydrogens (tertiary/aromatic N) is 1. The maximum Gasteiger partial charge on any atom is 0.225 e. The van der Waals surface area contributed by atoms with Crippen LogP contribution in [-0.2, 0) is 4.79 Å². The highest BCUT2D eigenvalue weighted by Gasteiger charge is 2.06. The van der Waals surface area contributed by atoms with Gasteiger partial charge in [0.15, 0.2) is 0 Å². The summed E-state index contributed by atoms with van der Waals surface area (Å²) in [4.78, 5) is 16.3. The molecular formula is C17H23N3O. The summed E-state index contributed by atoms with van der Waals surface area (Å²) >= 11 is 0. The quantitative estimate of drug-likeness (QED) is 0.768. The van der Waals surface area contributed by atoms with Gasteiger partial charge in [-0.15, -0.1) is 0 Å². The smallest absolute Gasteiger partial charge is 0.225 e. The van der Waals surface area contributed by atoms with Crippen molar-refractivity contribution in [1.82, 2.24) is 10.3 Å². The molecule has 0 saturated carbocycles. The van der Waals surface area contributed by atoms with Crippen molar-refractivity contribution in [2.24, 2.45) is 5.92 Å². The molecule has 4 nitrogen and oxygen atoms in total. The number of fused-ring (bicyclic) bond motifs is 1. The summed E-state index contributed by atoms with van der Waals surface area (Å²) in [6.07, 6.45) is 3.35. The van der Waals surface area contributed by atoms with Crippen molar-refractivity contribution in [2.75, 3.05) is 18.4 Å². The van der Waals surface area contributed by atoms with Gasteiger partial charge in [-0.05, 0) is 31.0 Å². The number of amides is 1. The Balaban J connectivity index is 1.84. The first-order valence-corrected chi connectivity index (χ1v) is 7.51. The molecule has 4 heteroatoms. The summed E-state index contributed by atoms with van der Waals surface area (Å²) in [5, 5.41) is 7.27. The van der Waals surface area contributed by atoms with Gasteiger partial charge in [0, 0.05) is 24.5 Å². The molecule has 2 N–H and O–H groups in total. The molecular weight excluding hydrogens is 262 g/mol. The van der Waals surface area contributed by atoms with Gasteiger partial charge in [-0.1, -0.05) is 32.0 Å². The van der Waals surface area contributed by atoms with Crippen LogP contribution in [0.25, 0.3) is 10.9 Å². The number of hydrogen-bond acceptors (Lipinski definition) is 3. The normalized spacial score (nSPS) is 11.0. The first kappa shape index (κ1) is 15.4. The maximum atomic E-state index is 12.0. The molecule has 0 radical (unpaired) electrons. The minimum atomic E-state index is 0.0187. The van der Waals surface area contributed by atoms with E-state index in [1.54, 1.807) is 6.20 Å². The topological polar surface area (TPSA) is 54.0 Å². The maximum absolute atomic E-state index is 12.0. The third-order valence-electron chi connectivity index (χ3n) is 3.33. The van der Waals surface area contributed by atoms with Gasteiger partial charge in [0.2, 0.25) is 5.91 Å². The Morgan fingerprint density at radius 2 is 2.00 bits per heavy atom. The van der Waals surface area contributed by atoms with Crippen molar-refractivity contribution in [3.63, 3.8) is 0 Å². The number of hydrogen-bond donors (Lipinski definition) is 2. The van der Waals surface area contributed by atoms with Crippen LogP contribution in [0.15, 0.2) is 36.5 Å². The average molecular weight is 285 g/mol. The number of benzene rings is 1. The summed E-state index contributed by atoms with van der Waals surface area (Å²) < 4.78 is 0. The van der Waals surface area contributed by atoms with Gasteiger partial charge in [-0.25, -0.2) is 0 Å². The average Bonchev–Trinajstić information content (AvgIpc) is 2.47. The van der Waals surface area contributed by atoms with Gasteiger partial charge in [0.05, 0.1) is 11.2 Å². The van der Waals surface area contributed by atoms with Crippen LogP contribution in [0, 0.1) is 5.92 Å². The van der Waals surface area contributed by atoms with Crippen molar-refractivity contribution in [1.29, 1.82) is 0 Å². The van der Waals surface area contributed by atoms with Gasteiger partial charge in [0.25, 0.3) is 0 Å². The van der Waals surface area contributed by atoms with Crippen LogP contribution in [0.1, 0.15) is 26.7 Å². The Morgan fingerprint density at radius 3 is 2.81 bits per heavy atom. The third-order valence-corrected chi connectivity index (χ3v) is 3.33. The minimum absolute atomic E-state index is 0.0187. The molecule has 21 heavy (non-hydrogen) atoms. The van der Waals surface area contributed by atoms with Crippen LogP contribution in [0.5, 0.6) is 0 Å². The molecule has 0 unspecified atom stereocenters. The molecule has 112 valence electrons. The van der Waals surface area contributed by atoms with Crippen LogP contribution >= 0.6 is 0 Å². The van der Waals surface area contributed by atoms with Crippen molar-refractivity contribution in [3.05, 3.63) is 36.5 Å². The molecule has 0 saturated heterocycles. The van der Waals surface area contributed by atoms with E-state index in [0.717, 1.165) is 29.6 Å². The standard InChI is InChI=1S/C17H23N3O/c1-13(2)8-11-18-12-9-16(21)20-15-7-3-5-14-6-4-10-19-17(14)15/h3-7,10,13,18H,8-9,11-12H2,1-2H3,(H,20,21). The van der Waals surface area contributed by atoms with E-state index in [1.807, 2.05) is 30.3 Å². The Labute approximate surface area is 126 Å². The van der Waals surface area contributed by atoms with Crippen LogP contribution < -0.4 is 10.6 Å². The number of carbonyl (C=O) groups is 1. The monoisotopic (exact) mass is 285 g/mol. The summed E-state index contributed by atoms with van der Waals surface area (Å²) in [7, 11) is 0. The second kappa shape index (κ2) is 7.74. The molecule has 0 spiro atoms. The number of nitrogens with one attached hydrogen (secondary N) is 2. The van der Waals surface area contributed by atoms with E-state index >= 15 is 0 Å².